The van der Waals surface area contributed by atoms with Crippen LogP contribution < -0.4 is 14.8 Å². The first-order valence-electron chi connectivity index (χ1n) is 8.95. The summed E-state index contributed by atoms with van der Waals surface area (Å²) in [6, 6.07) is 5.07. The second kappa shape index (κ2) is 8.68. The van der Waals surface area contributed by atoms with Gasteiger partial charge < -0.3 is 19.2 Å². The number of hydrogen-bond acceptors (Lipinski definition) is 7. The molecule has 1 N–H and O–H groups in total. The molecular formula is C18H21F3N4O4. The predicted molar refractivity (Wildman–Crippen MR) is 95.9 cm³/mol. The number of hydrogen-bond donors (Lipinski definition) is 1. The third kappa shape index (κ3) is 5.17. The molecule has 29 heavy (non-hydrogen) atoms. The first-order chi connectivity index (χ1) is 13.8. The Balaban J connectivity index is 1.52. The Morgan fingerprint density at radius 1 is 1.24 bits per heavy atom. The van der Waals surface area contributed by atoms with Crippen molar-refractivity contribution in [2.75, 3.05) is 39.2 Å². The molecule has 0 bridgehead atoms. The summed E-state index contributed by atoms with van der Waals surface area (Å²) in [7, 11) is 3.03. The molecule has 1 amide bonds. The molecule has 1 aliphatic heterocycles. The van der Waals surface area contributed by atoms with Gasteiger partial charge in [0.25, 0.3) is 0 Å². The minimum atomic E-state index is -4.65. The van der Waals surface area contributed by atoms with Crippen LogP contribution in [0.4, 0.5) is 18.9 Å². The van der Waals surface area contributed by atoms with Gasteiger partial charge in [-0.2, -0.15) is 13.2 Å². The second-order valence-corrected chi connectivity index (χ2v) is 6.61. The third-order valence-corrected chi connectivity index (χ3v) is 4.67. The number of piperidine rings is 1. The van der Waals surface area contributed by atoms with Crippen molar-refractivity contribution in [1.29, 1.82) is 0 Å². The summed E-state index contributed by atoms with van der Waals surface area (Å²) in [6.07, 6.45) is -3.59. The van der Waals surface area contributed by atoms with Crippen molar-refractivity contribution in [2.45, 2.75) is 24.9 Å². The minimum Gasteiger partial charge on any atom is -0.497 e. The zero-order valence-corrected chi connectivity index (χ0v) is 16.0. The standard InChI is InChI=1S/C18H21F3N4O4/c1-27-12-3-4-13(14(9-12)28-2)22-15(26)10-25-7-5-11(6-8-25)16-23-24-17(29-16)18(19,20)21/h3-4,9,11H,5-8,10H2,1-2H3,(H,22,26). The number of amides is 1. The minimum absolute atomic E-state index is 0.00982. The molecule has 0 aliphatic carbocycles. The van der Waals surface area contributed by atoms with E-state index in [9.17, 15) is 18.0 Å². The fraction of sp³-hybridized carbons (Fsp3) is 0.500. The molecule has 1 aromatic heterocycles. The lowest BCUT2D eigenvalue weighted by atomic mass is 9.97. The van der Waals surface area contributed by atoms with Crippen molar-refractivity contribution in [1.82, 2.24) is 15.1 Å². The van der Waals surface area contributed by atoms with E-state index in [1.165, 1.54) is 14.2 Å². The lowest BCUT2D eigenvalue weighted by Crippen LogP contribution is -2.38. The van der Waals surface area contributed by atoms with Crippen LogP contribution in [0.1, 0.15) is 30.5 Å². The maximum atomic E-state index is 12.6. The number of likely N-dealkylation sites (tertiary alicyclic amines) is 1. The quantitative estimate of drug-likeness (QED) is 0.777. The topological polar surface area (TPSA) is 89.7 Å². The SMILES string of the molecule is COc1ccc(NC(=O)CN2CCC(c3nnc(C(F)(F)F)o3)CC2)c(OC)c1. The van der Waals surface area contributed by atoms with Crippen LogP contribution in [0.25, 0.3) is 0 Å². The Morgan fingerprint density at radius 3 is 2.55 bits per heavy atom. The van der Waals surface area contributed by atoms with Gasteiger partial charge in [0.1, 0.15) is 11.5 Å². The summed E-state index contributed by atoms with van der Waals surface area (Å²) in [6.45, 7) is 1.21. The molecule has 1 aliphatic rings. The van der Waals surface area contributed by atoms with E-state index in [1.54, 1.807) is 18.2 Å². The number of nitrogens with one attached hydrogen (secondary N) is 1. The van der Waals surface area contributed by atoms with Crippen molar-refractivity contribution < 1.29 is 31.9 Å². The molecule has 8 nitrogen and oxygen atoms in total. The van der Waals surface area contributed by atoms with Gasteiger partial charge in [-0.1, -0.05) is 0 Å². The summed E-state index contributed by atoms with van der Waals surface area (Å²) in [5, 5.41) is 9.38. The van der Waals surface area contributed by atoms with Crippen LogP contribution in [-0.2, 0) is 11.0 Å². The molecule has 1 aromatic carbocycles. The molecule has 11 heteroatoms. The highest BCUT2D eigenvalue weighted by Gasteiger charge is 2.39. The van der Waals surface area contributed by atoms with Crippen LogP contribution >= 0.6 is 0 Å². The second-order valence-electron chi connectivity index (χ2n) is 6.61. The van der Waals surface area contributed by atoms with Gasteiger partial charge in [0, 0.05) is 12.0 Å². The number of ether oxygens (including phenoxy) is 2. The molecule has 1 fully saturated rings. The third-order valence-electron chi connectivity index (χ3n) is 4.67. The van der Waals surface area contributed by atoms with E-state index in [4.69, 9.17) is 13.9 Å². The van der Waals surface area contributed by atoms with Gasteiger partial charge in [0.2, 0.25) is 11.8 Å². The van der Waals surface area contributed by atoms with Crippen molar-refractivity contribution in [3.05, 3.63) is 30.0 Å². The number of methoxy groups -OCH3 is 2. The number of carbonyl (C=O) groups excluding carboxylic acids is 1. The normalized spacial score (nSPS) is 15.9. The number of nitrogens with zero attached hydrogens (tertiary/aromatic N) is 3. The number of aromatic nitrogens is 2. The van der Waals surface area contributed by atoms with Crippen molar-refractivity contribution in [2.24, 2.45) is 0 Å². The largest absolute Gasteiger partial charge is 0.497 e. The summed E-state index contributed by atoms with van der Waals surface area (Å²) >= 11 is 0. The number of benzene rings is 1. The molecule has 0 radical (unpaired) electrons. The van der Waals surface area contributed by atoms with E-state index in [1.807, 2.05) is 4.90 Å². The number of carbonyl (C=O) groups is 1. The average Bonchev–Trinajstić information content (AvgIpc) is 3.19. The monoisotopic (exact) mass is 414 g/mol. The van der Waals surface area contributed by atoms with Gasteiger partial charge >= 0.3 is 12.1 Å². The van der Waals surface area contributed by atoms with Crippen molar-refractivity contribution in [3.63, 3.8) is 0 Å². The average molecular weight is 414 g/mol. The summed E-state index contributed by atoms with van der Waals surface area (Å²) in [5.74, 6) is -0.722. The molecule has 2 aromatic rings. The summed E-state index contributed by atoms with van der Waals surface area (Å²) in [4.78, 5) is 14.3. The number of rotatable bonds is 6. The van der Waals surface area contributed by atoms with E-state index < -0.39 is 12.1 Å². The predicted octanol–water partition coefficient (Wildman–Crippen LogP) is 2.92. The molecule has 3 rings (SSSR count). The maximum Gasteiger partial charge on any atom is 0.470 e. The van der Waals surface area contributed by atoms with E-state index in [0.717, 1.165) is 0 Å². The number of halogens is 3. The molecule has 1 saturated heterocycles. The van der Waals surface area contributed by atoms with E-state index >= 15 is 0 Å². The lowest BCUT2D eigenvalue weighted by Gasteiger charge is -2.29. The van der Waals surface area contributed by atoms with Gasteiger partial charge in [-0.3, -0.25) is 9.69 Å². The molecule has 158 valence electrons. The molecule has 0 unspecified atom stereocenters. The zero-order chi connectivity index (χ0) is 21.0. The molecule has 2 heterocycles. The smallest absolute Gasteiger partial charge is 0.470 e. The van der Waals surface area contributed by atoms with E-state index in [0.29, 0.717) is 43.1 Å². The Hall–Kier alpha value is -2.82. The molecular weight excluding hydrogens is 393 g/mol. The lowest BCUT2D eigenvalue weighted by molar-refractivity contribution is -0.157. The highest BCUT2D eigenvalue weighted by atomic mass is 19.4. The van der Waals surface area contributed by atoms with Crippen LogP contribution in [-0.4, -0.2) is 54.9 Å². The number of alkyl halides is 3. The maximum absolute atomic E-state index is 12.6. The van der Waals surface area contributed by atoms with Crippen molar-refractivity contribution >= 4 is 11.6 Å². The van der Waals surface area contributed by atoms with Crippen molar-refractivity contribution in [3.8, 4) is 11.5 Å². The highest BCUT2D eigenvalue weighted by Crippen LogP contribution is 2.33. The van der Waals surface area contributed by atoms with Crippen LogP contribution in [0.5, 0.6) is 11.5 Å². The van der Waals surface area contributed by atoms with Gasteiger partial charge in [0.05, 0.1) is 26.5 Å². The Bertz CT molecular complexity index is 848. The Kier molecular flexibility index (Phi) is 6.26. The van der Waals surface area contributed by atoms with Crippen LogP contribution in [0, 0.1) is 0 Å². The fourth-order valence-corrected chi connectivity index (χ4v) is 3.15. The molecule has 0 atom stereocenters. The summed E-state index contributed by atoms with van der Waals surface area (Å²) in [5.41, 5.74) is 0.527. The van der Waals surface area contributed by atoms with E-state index in [-0.39, 0.29) is 24.3 Å². The van der Waals surface area contributed by atoms with Gasteiger partial charge in [-0.05, 0) is 38.1 Å². The highest BCUT2D eigenvalue weighted by molar-refractivity contribution is 5.93. The summed E-state index contributed by atoms with van der Waals surface area (Å²) < 4.78 is 52.9. The Labute approximate surface area is 165 Å². The number of anilines is 1. The van der Waals surface area contributed by atoms with Gasteiger partial charge in [-0.15, -0.1) is 10.2 Å². The van der Waals surface area contributed by atoms with E-state index in [2.05, 4.69) is 15.5 Å². The molecule has 0 spiro atoms. The van der Waals surface area contributed by atoms with Crippen LogP contribution in [0.2, 0.25) is 0 Å². The fourth-order valence-electron chi connectivity index (χ4n) is 3.15. The molecule has 0 saturated carbocycles. The van der Waals surface area contributed by atoms with Gasteiger partial charge in [0.15, 0.2) is 0 Å². The van der Waals surface area contributed by atoms with Crippen LogP contribution in [0.15, 0.2) is 22.6 Å². The van der Waals surface area contributed by atoms with Crippen LogP contribution in [0.3, 0.4) is 0 Å². The van der Waals surface area contributed by atoms with Gasteiger partial charge in [-0.25, -0.2) is 0 Å². The first-order valence-corrected chi connectivity index (χ1v) is 8.95. The zero-order valence-electron chi connectivity index (χ0n) is 16.0. The first kappa shape index (κ1) is 20.9. The Morgan fingerprint density at radius 2 is 1.97 bits per heavy atom.